The number of nitrogens with one attached hydrogen (secondary N) is 1. The molecule has 3 rings (SSSR count). The lowest BCUT2D eigenvalue weighted by molar-refractivity contribution is -0.145. The number of benzene rings is 1. The molecule has 0 fully saturated rings. The molecule has 1 aromatic carbocycles. The van der Waals surface area contributed by atoms with Crippen molar-refractivity contribution in [3.05, 3.63) is 77.2 Å². The van der Waals surface area contributed by atoms with E-state index in [1.807, 2.05) is 0 Å². The summed E-state index contributed by atoms with van der Waals surface area (Å²) < 4.78 is 33.2. The molecule has 1 atom stereocenters. The molecule has 2 aromatic heterocycles. The monoisotopic (exact) mass is 490 g/mol. The number of halogens is 1. The largest absolute Gasteiger partial charge is 0.478 e. The van der Waals surface area contributed by atoms with Crippen molar-refractivity contribution in [2.75, 3.05) is 7.05 Å². The molecule has 0 aliphatic heterocycles. The Labute approximate surface area is 194 Å². The van der Waals surface area contributed by atoms with E-state index in [2.05, 4.69) is 15.4 Å². The summed E-state index contributed by atoms with van der Waals surface area (Å²) in [7, 11) is -2.64. The number of para-hydroxylation sites is 1. The second kappa shape index (κ2) is 9.94. The number of rotatable bonds is 8. The van der Waals surface area contributed by atoms with Crippen molar-refractivity contribution in [1.82, 2.24) is 20.1 Å². The molecular formula is C21H19ClN4O6S. The fourth-order valence-corrected chi connectivity index (χ4v) is 4.33. The molecule has 0 bridgehead atoms. The summed E-state index contributed by atoms with van der Waals surface area (Å²) in [5, 5.41) is 15.7. The zero-order valence-corrected chi connectivity index (χ0v) is 19.0. The molecule has 33 heavy (non-hydrogen) atoms. The Balaban J connectivity index is 2.12. The summed E-state index contributed by atoms with van der Waals surface area (Å²) in [4.78, 5) is 26.6. The van der Waals surface area contributed by atoms with Gasteiger partial charge in [-0.15, -0.1) is 0 Å². The van der Waals surface area contributed by atoms with Crippen molar-refractivity contribution in [1.29, 1.82) is 0 Å². The second-order valence-corrected chi connectivity index (χ2v) is 8.99. The molecular weight excluding hydrogens is 472 g/mol. The molecule has 12 heteroatoms. The van der Waals surface area contributed by atoms with Crippen LogP contribution in [0, 0.1) is 6.92 Å². The third kappa shape index (κ3) is 5.45. The SMILES string of the molecule is CNC(OC(=O)/C=C/C(=O)O)c1cc(S(=O)(=O)c2ccc(C)nc2)n(-c2ccccc2Cl)n1. The lowest BCUT2D eigenvalue weighted by atomic mass is 10.3. The number of nitrogens with zero attached hydrogens (tertiary/aromatic N) is 3. The van der Waals surface area contributed by atoms with Crippen molar-refractivity contribution >= 4 is 33.4 Å². The number of aryl methyl sites for hydroxylation is 1. The topological polar surface area (TPSA) is 140 Å². The Bertz CT molecular complexity index is 1320. The fourth-order valence-electron chi connectivity index (χ4n) is 2.79. The Morgan fingerprint density at radius 3 is 2.55 bits per heavy atom. The molecule has 0 amide bonds. The van der Waals surface area contributed by atoms with Crippen LogP contribution < -0.4 is 5.32 Å². The van der Waals surface area contributed by atoms with Gasteiger partial charge in [0.15, 0.2) is 11.3 Å². The van der Waals surface area contributed by atoms with E-state index >= 15 is 0 Å². The van der Waals surface area contributed by atoms with Gasteiger partial charge in [-0.05, 0) is 38.2 Å². The van der Waals surface area contributed by atoms with E-state index in [4.69, 9.17) is 21.4 Å². The van der Waals surface area contributed by atoms with Gasteiger partial charge >= 0.3 is 11.9 Å². The van der Waals surface area contributed by atoms with Crippen LogP contribution in [0.15, 0.2) is 70.7 Å². The Morgan fingerprint density at radius 1 is 1.21 bits per heavy atom. The molecule has 0 radical (unpaired) electrons. The molecule has 0 saturated heterocycles. The highest BCUT2D eigenvalue weighted by molar-refractivity contribution is 7.91. The number of aromatic nitrogens is 3. The van der Waals surface area contributed by atoms with Gasteiger partial charge in [0, 0.05) is 30.1 Å². The fraction of sp³-hybridized carbons (Fsp3) is 0.143. The second-order valence-electron chi connectivity index (χ2n) is 6.69. The standard InChI is InChI=1S/C21H19ClN4O6S/c1-13-7-8-14(12-24-13)33(30,31)18-11-16(21(23-2)32-20(29)10-9-19(27)28)25-26(18)17-6-4-3-5-15(17)22/h3-12,21,23H,1-2H3,(H,27,28)/b10-9+. The molecule has 172 valence electrons. The van der Waals surface area contributed by atoms with Crippen LogP contribution in [0.25, 0.3) is 5.69 Å². The van der Waals surface area contributed by atoms with Crippen LogP contribution in [0.5, 0.6) is 0 Å². The van der Waals surface area contributed by atoms with E-state index < -0.39 is 28.0 Å². The highest BCUT2D eigenvalue weighted by Gasteiger charge is 2.29. The van der Waals surface area contributed by atoms with Gasteiger partial charge in [-0.3, -0.25) is 10.3 Å². The maximum atomic E-state index is 13.4. The van der Waals surface area contributed by atoms with Gasteiger partial charge in [0.1, 0.15) is 5.69 Å². The number of hydrogen-bond donors (Lipinski definition) is 2. The van der Waals surface area contributed by atoms with Crippen LogP contribution in [0.1, 0.15) is 17.6 Å². The average Bonchev–Trinajstić information content (AvgIpc) is 3.22. The van der Waals surface area contributed by atoms with E-state index in [0.29, 0.717) is 11.8 Å². The number of pyridine rings is 1. The van der Waals surface area contributed by atoms with Gasteiger partial charge in [-0.1, -0.05) is 23.7 Å². The minimum absolute atomic E-state index is 0.0492. The summed E-state index contributed by atoms with van der Waals surface area (Å²) >= 11 is 6.29. The first-order valence-corrected chi connectivity index (χ1v) is 11.3. The maximum Gasteiger partial charge on any atom is 0.332 e. The lowest BCUT2D eigenvalue weighted by Gasteiger charge is -2.13. The van der Waals surface area contributed by atoms with Crippen LogP contribution in [0.4, 0.5) is 0 Å². The molecule has 0 aliphatic carbocycles. The summed E-state index contributed by atoms with van der Waals surface area (Å²) in [5.41, 5.74) is 0.981. The predicted octanol–water partition coefficient (Wildman–Crippen LogP) is 2.46. The average molecular weight is 491 g/mol. The first-order chi connectivity index (χ1) is 15.6. The summed E-state index contributed by atoms with van der Waals surface area (Å²) in [6, 6.07) is 10.7. The van der Waals surface area contributed by atoms with E-state index in [1.54, 1.807) is 37.3 Å². The highest BCUT2D eigenvalue weighted by Crippen LogP contribution is 2.29. The molecule has 2 N–H and O–H groups in total. The molecule has 1 unspecified atom stereocenters. The van der Waals surface area contributed by atoms with Gasteiger partial charge in [-0.2, -0.15) is 5.10 Å². The van der Waals surface area contributed by atoms with Crippen LogP contribution in [-0.2, 0) is 24.2 Å². The summed E-state index contributed by atoms with van der Waals surface area (Å²) in [6.07, 6.45) is 1.41. The van der Waals surface area contributed by atoms with Crippen molar-refractivity contribution in [3.8, 4) is 5.69 Å². The summed E-state index contributed by atoms with van der Waals surface area (Å²) in [6.45, 7) is 1.73. The van der Waals surface area contributed by atoms with Crippen LogP contribution >= 0.6 is 11.6 Å². The van der Waals surface area contributed by atoms with E-state index in [-0.39, 0.29) is 26.3 Å². The smallest absolute Gasteiger partial charge is 0.332 e. The molecule has 0 aliphatic rings. The normalized spacial score (nSPS) is 12.6. The van der Waals surface area contributed by atoms with Crippen molar-refractivity contribution in [2.24, 2.45) is 0 Å². The lowest BCUT2D eigenvalue weighted by Crippen LogP contribution is -2.23. The third-order valence-corrected chi connectivity index (χ3v) is 6.40. The number of sulfone groups is 1. The first-order valence-electron chi connectivity index (χ1n) is 9.45. The summed E-state index contributed by atoms with van der Waals surface area (Å²) in [5.74, 6) is -2.28. The van der Waals surface area contributed by atoms with Crippen molar-refractivity contribution in [2.45, 2.75) is 23.1 Å². The van der Waals surface area contributed by atoms with Gasteiger partial charge < -0.3 is 9.84 Å². The minimum atomic E-state index is -4.10. The molecule has 3 aromatic rings. The number of hydrogen-bond acceptors (Lipinski definition) is 8. The number of ether oxygens (including phenoxy) is 1. The van der Waals surface area contributed by atoms with Gasteiger partial charge in [0.25, 0.3) is 0 Å². The number of carbonyl (C=O) groups is 2. The van der Waals surface area contributed by atoms with E-state index in [9.17, 15) is 18.0 Å². The van der Waals surface area contributed by atoms with Crippen LogP contribution in [0.2, 0.25) is 5.02 Å². The molecule has 10 nitrogen and oxygen atoms in total. The number of aliphatic carboxylic acids is 1. The quantitative estimate of drug-likeness (QED) is 0.276. The van der Waals surface area contributed by atoms with Gasteiger partial charge in [-0.25, -0.2) is 22.7 Å². The molecule has 0 spiro atoms. The number of esters is 1. The number of carboxylic acid groups (broad SMARTS) is 1. The zero-order valence-electron chi connectivity index (χ0n) is 17.5. The molecule has 0 saturated carbocycles. The van der Waals surface area contributed by atoms with E-state index in [1.165, 1.54) is 25.4 Å². The predicted molar refractivity (Wildman–Crippen MR) is 118 cm³/mol. The Hall–Kier alpha value is -3.54. The zero-order chi connectivity index (χ0) is 24.2. The number of carbonyl (C=O) groups excluding carboxylic acids is 1. The Morgan fingerprint density at radius 2 is 1.94 bits per heavy atom. The van der Waals surface area contributed by atoms with Crippen molar-refractivity contribution in [3.63, 3.8) is 0 Å². The first kappa shape index (κ1) is 24.1. The highest BCUT2D eigenvalue weighted by atomic mass is 35.5. The van der Waals surface area contributed by atoms with Crippen molar-refractivity contribution < 1.29 is 27.9 Å². The van der Waals surface area contributed by atoms with Crippen LogP contribution in [-0.4, -0.2) is 47.3 Å². The van der Waals surface area contributed by atoms with E-state index in [0.717, 1.165) is 10.8 Å². The third-order valence-electron chi connectivity index (χ3n) is 4.37. The molecule has 2 heterocycles. The van der Waals surface area contributed by atoms with Gasteiger partial charge in [0.2, 0.25) is 9.84 Å². The minimum Gasteiger partial charge on any atom is -0.478 e. The maximum absolute atomic E-state index is 13.4. The number of carboxylic acids is 1. The van der Waals surface area contributed by atoms with Gasteiger partial charge in [0.05, 0.1) is 15.6 Å². The Kier molecular flexibility index (Phi) is 7.26. The van der Waals surface area contributed by atoms with Crippen LogP contribution in [0.3, 0.4) is 0 Å².